The number of carbonyl (C=O) groups is 2. The van der Waals surface area contributed by atoms with Crippen LogP contribution in [0.15, 0.2) is 49.1 Å². The Morgan fingerprint density at radius 3 is 2.60 bits per heavy atom. The van der Waals surface area contributed by atoms with Crippen molar-refractivity contribution in [3.05, 3.63) is 80.0 Å². The smallest absolute Gasteiger partial charge is 0.454 e. The predicted molar refractivity (Wildman–Crippen MR) is 207 cm³/mol. The van der Waals surface area contributed by atoms with Crippen molar-refractivity contribution < 1.29 is 32.3 Å². The molecular formula is C40H39FN8O8. The van der Waals surface area contributed by atoms with Crippen LogP contribution < -0.4 is 21.1 Å². The van der Waals surface area contributed by atoms with Gasteiger partial charge in [-0.1, -0.05) is 0 Å². The number of esters is 1. The highest BCUT2D eigenvalue weighted by Gasteiger charge is 2.42. The maximum absolute atomic E-state index is 16.1. The van der Waals surface area contributed by atoms with Gasteiger partial charge < -0.3 is 37.7 Å². The molecule has 2 saturated heterocycles. The summed E-state index contributed by atoms with van der Waals surface area (Å²) in [6.07, 6.45) is 4.74. The van der Waals surface area contributed by atoms with Gasteiger partial charge >= 0.3 is 17.9 Å². The zero-order valence-corrected chi connectivity index (χ0v) is 32.4. The Morgan fingerprint density at radius 2 is 1.89 bits per heavy atom. The van der Waals surface area contributed by atoms with E-state index in [1.54, 1.807) is 46.3 Å². The maximum Gasteiger partial charge on any atom is 0.519 e. The molecule has 2 aliphatic rings. The molecule has 7 heterocycles. The molecule has 57 heavy (non-hydrogen) atoms. The highest BCUT2D eigenvalue weighted by molar-refractivity contribution is 6.21. The van der Waals surface area contributed by atoms with Crippen LogP contribution in [0.3, 0.4) is 0 Å². The third-order valence-electron chi connectivity index (χ3n) is 10.7. The fourth-order valence-corrected chi connectivity index (χ4v) is 8.10. The molecule has 8 rings (SSSR count). The number of likely N-dealkylation sites (N-methyl/N-ethyl adjacent to an activating group) is 1. The molecule has 294 valence electrons. The van der Waals surface area contributed by atoms with Crippen molar-refractivity contribution in [2.24, 2.45) is 13.0 Å². The van der Waals surface area contributed by atoms with E-state index in [9.17, 15) is 24.4 Å². The van der Waals surface area contributed by atoms with E-state index in [0.29, 0.717) is 51.5 Å². The Balaban J connectivity index is 1.33. The number of benzene rings is 1. The van der Waals surface area contributed by atoms with Crippen LogP contribution in [0.2, 0.25) is 0 Å². The number of anilines is 2. The van der Waals surface area contributed by atoms with Gasteiger partial charge in [0.1, 0.15) is 34.3 Å². The van der Waals surface area contributed by atoms with Crippen LogP contribution in [0.1, 0.15) is 54.6 Å². The lowest BCUT2D eigenvalue weighted by Crippen LogP contribution is -2.35. The standard InChI is InChI=1S/C40H39FN8O8/c1-19-29(56-39(53)55-19)18-54-37(51)25-16-47(6)36-22(34(25)50)10-21(13-44-36)24-14-43-35-31(33(24)49-9-8-20-15-46(5)17-28(20)49)30-23(12-42)26(41)11-27(32(30)45-35)48(7)38(52)57-40(2,3)4/h10-11,13-14,16,20,28H,8-9,15,17-18H2,1-7H3,(H,43,45)/t20-,28+/m0/s1. The second kappa shape index (κ2) is 13.6. The zero-order chi connectivity index (χ0) is 40.7. The highest BCUT2D eigenvalue weighted by atomic mass is 19.1. The first kappa shape index (κ1) is 37.4. The number of pyridine rings is 3. The summed E-state index contributed by atoms with van der Waals surface area (Å²) in [6.45, 7) is 8.54. The molecule has 1 N–H and O–H groups in total. The number of rotatable bonds is 6. The van der Waals surface area contributed by atoms with E-state index in [4.69, 9.17) is 23.3 Å². The largest absolute Gasteiger partial charge is 0.519 e. The summed E-state index contributed by atoms with van der Waals surface area (Å²) in [5.74, 6) is -2.21. The molecule has 0 spiro atoms. The van der Waals surface area contributed by atoms with E-state index in [1.807, 2.05) is 6.07 Å². The van der Waals surface area contributed by atoms with Crippen LogP contribution in [-0.2, 0) is 23.1 Å². The van der Waals surface area contributed by atoms with Crippen LogP contribution >= 0.6 is 0 Å². The SMILES string of the molecule is Cc1oc(=O)oc1COC(=O)c1cn(C)c2ncc(-c3cnc4[nH]c5c(N(C)C(=O)OC(C)(C)C)cc(F)c(C#N)c5c4c3N3CC[C@H]4CN(C)C[C@H]43)cc2c1=O. The first-order valence-electron chi connectivity index (χ1n) is 18.3. The Labute approximate surface area is 324 Å². The van der Waals surface area contributed by atoms with Crippen molar-refractivity contribution >= 4 is 56.4 Å². The number of aryl methyl sites for hydroxylation is 2. The minimum Gasteiger partial charge on any atom is -0.454 e. The number of nitrogens with zero attached hydrogens (tertiary/aromatic N) is 7. The van der Waals surface area contributed by atoms with E-state index < -0.39 is 41.3 Å². The lowest BCUT2D eigenvalue weighted by atomic mass is 9.98. The van der Waals surface area contributed by atoms with E-state index >= 15 is 4.39 Å². The van der Waals surface area contributed by atoms with Crippen molar-refractivity contribution in [3.8, 4) is 17.2 Å². The second-order valence-corrected chi connectivity index (χ2v) is 15.6. The molecular weight excluding hydrogens is 739 g/mol. The minimum atomic E-state index is -0.944. The van der Waals surface area contributed by atoms with Crippen LogP contribution in [0.4, 0.5) is 20.6 Å². The maximum atomic E-state index is 16.1. The Hall–Kier alpha value is -6.54. The number of H-pyrrole nitrogens is 1. The molecule has 2 atom stereocenters. The number of aromatic nitrogens is 4. The van der Waals surface area contributed by atoms with Gasteiger partial charge in [0.15, 0.2) is 18.1 Å². The first-order chi connectivity index (χ1) is 27.0. The van der Waals surface area contributed by atoms with Crippen LogP contribution in [0, 0.1) is 30.0 Å². The Morgan fingerprint density at radius 1 is 1.12 bits per heavy atom. The normalized spacial score (nSPS) is 17.1. The highest BCUT2D eigenvalue weighted by Crippen LogP contribution is 2.47. The molecule has 0 aliphatic carbocycles. The van der Waals surface area contributed by atoms with Crippen molar-refractivity contribution in [2.75, 3.05) is 43.5 Å². The third-order valence-corrected chi connectivity index (χ3v) is 10.7. The molecule has 1 aromatic carbocycles. The summed E-state index contributed by atoms with van der Waals surface area (Å²) in [4.78, 5) is 70.5. The molecule has 0 radical (unpaired) electrons. The van der Waals surface area contributed by atoms with E-state index in [-0.39, 0.29) is 45.1 Å². The molecule has 2 aliphatic heterocycles. The number of amides is 1. The van der Waals surface area contributed by atoms with Crippen molar-refractivity contribution in [1.82, 2.24) is 24.4 Å². The number of nitriles is 1. The molecule has 5 aromatic heterocycles. The summed E-state index contributed by atoms with van der Waals surface area (Å²) in [5, 5.41) is 11.3. The van der Waals surface area contributed by atoms with Gasteiger partial charge in [0.2, 0.25) is 5.43 Å². The topological polar surface area (TPSA) is 193 Å². The molecule has 6 aromatic rings. The van der Waals surface area contributed by atoms with Crippen LogP contribution in [-0.4, -0.2) is 81.9 Å². The summed E-state index contributed by atoms with van der Waals surface area (Å²) in [5.41, 5.74) is 0.862. The van der Waals surface area contributed by atoms with E-state index in [1.165, 1.54) is 29.6 Å². The number of fused-ring (bicyclic) bond motifs is 5. The average Bonchev–Trinajstić information content (AvgIpc) is 3.91. The lowest BCUT2D eigenvalue weighted by molar-refractivity contribution is 0.0440. The molecule has 17 heteroatoms. The summed E-state index contributed by atoms with van der Waals surface area (Å²) in [7, 11) is 5.17. The molecule has 1 amide bonds. The summed E-state index contributed by atoms with van der Waals surface area (Å²) < 4.78 is 38.3. The van der Waals surface area contributed by atoms with E-state index in [2.05, 4.69) is 26.8 Å². The number of likely N-dealkylation sites (tertiary alicyclic amines) is 1. The van der Waals surface area contributed by atoms with Crippen molar-refractivity contribution in [1.29, 1.82) is 5.26 Å². The van der Waals surface area contributed by atoms with Gasteiger partial charge in [-0.15, -0.1) is 0 Å². The van der Waals surface area contributed by atoms with Crippen molar-refractivity contribution in [3.63, 3.8) is 0 Å². The predicted octanol–water partition coefficient (Wildman–Crippen LogP) is 5.36. The number of hydrogen-bond donors (Lipinski definition) is 1. The second-order valence-electron chi connectivity index (χ2n) is 15.6. The van der Waals surface area contributed by atoms with Gasteiger partial charge in [-0.25, -0.2) is 28.7 Å². The van der Waals surface area contributed by atoms with Gasteiger partial charge in [-0.05, 0) is 53.1 Å². The lowest BCUT2D eigenvalue weighted by Gasteiger charge is -2.29. The number of aromatic amines is 1. The van der Waals surface area contributed by atoms with Gasteiger partial charge in [-0.3, -0.25) is 9.69 Å². The van der Waals surface area contributed by atoms with Gasteiger partial charge in [0.25, 0.3) is 0 Å². The van der Waals surface area contributed by atoms with Crippen molar-refractivity contribution in [2.45, 2.75) is 52.4 Å². The molecule has 0 saturated carbocycles. The first-order valence-corrected chi connectivity index (χ1v) is 18.3. The monoisotopic (exact) mass is 778 g/mol. The Kier molecular flexibility index (Phi) is 8.91. The molecule has 2 fully saturated rings. The number of carbonyl (C=O) groups excluding carboxylic acids is 2. The fourth-order valence-electron chi connectivity index (χ4n) is 8.10. The van der Waals surface area contributed by atoms with Crippen LogP contribution in [0.25, 0.3) is 44.1 Å². The molecule has 16 nitrogen and oxygen atoms in total. The van der Waals surface area contributed by atoms with Crippen LogP contribution in [0.5, 0.6) is 0 Å². The molecule has 0 unspecified atom stereocenters. The van der Waals surface area contributed by atoms with Gasteiger partial charge in [0, 0.05) is 80.9 Å². The van der Waals surface area contributed by atoms with Gasteiger partial charge in [-0.2, -0.15) is 5.26 Å². The summed E-state index contributed by atoms with van der Waals surface area (Å²) in [6, 6.07) is 4.88. The minimum absolute atomic E-state index is 0.0169. The number of nitrogens with one attached hydrogen (secondary N) is 1. The average molecular weight is 779 g/mol. The third kappa shape index (κ3) is 6.35. The quantitative estimate of drug-likeness (QED) is 0.213. The Bertz CT molecular complexity index is 2830. The summed E-state index contributed by atoms with van der Waals surface area (Å²) >= 11 is 0. The van der Waals surface area contributed by atoms with Gasteiger partial charge in [0.05, 0.1) is 33.2 Å². The zero-order valence-electron chi connectivity index (χ0n) is 32.4. The molecule has 0 bridgehead atoms. The number of ether oxygens (including phenoxy) is 2. The fraction of sp³-hybridized carbons (Fsp3) is 0.375. The number of halogens is 1. The van der Waals surface area contributed by atoms with E-state index in [0.717, 1.165) is 25.6 Å². The number of hydrogen-bond acceptors (Lipinski definition) is 13.